The molecule has 190 valence electrons. The van der Waals surface area contributed by atoms with Gasteiger partial charge in [-0.05, 0) is 75.5 Å². The zero-order valence-corrected chi connectivity index (χ0v) is 22.5. The highest BCUT2D eigenvalue weighted by molar-refractivity contribution is 6.07. The summed E-state index contributed by atoms with van der Waals surface area (Å²) in [5, 5.41) is 4.96. The average Bonchev–Trinajstić information content (AvgIpc) is 3.01. The molecule has 7 aromatic carbocycles. The van der Waals surface area contributed by atoms with Gasteiger partial charge in [-0.15, -0.1) is 0 Å². The molecule has 0 heterocycles. The van der Waals surface area contributed by atoms with E-state index in [0.29, 0.717) is 0 Å². The maximum atomic E-state index is 2.44. The first-order valence-corrected chi connectivity index (χ1v) is 13.8. The third kappa shape index (κ3) is 4.32. The standard InChI is InChI=1S/C39H29N/c1-28-12-11-18-34(26-28)40(37-21-10-9-19-35(37)30-14-3-2-4-15-30)38-25-24-31-16-7-8-20-36(31)39(38)33-23-22-29-13-5-6-17-32(29)27-33/h2-27H,1H3. The van der Waals surface area contributed by atoms with Gasteiger partial charge >= 0.3 is 0 Å². The van der Waals surface area contributed by atoms with Gasteiger partial charge in [0.1, 0.15) is 0 Å². The molecular weight excluding hydrogens is 482 g/mol. The van der Waals surface area contributed by atoms with Crippen molar-refractivity contribution in [1.82, 2.24) is 0 Å². The van der Waals surface area contributed by atoms with E-state index in [9.17, 15) is 0 Å². The van der Waals surface area contributed by atoms with E-state index in [1.165, 1.54) is 49.4 Å². The minimum atomic E-state index is 1.14. The third-order valence-corrected chi connectivity index (χ3v) is 7.68. The van der Waals surface area contributed by atoms with E-state index in [2.05, 4.69) is 170 Å². The molecule has 0 saturated carbocycles. The highest BCUT2D eigenvalue weighted by Gasteiger charge is 2.22. The first-order chi connectivity index (χ1) is 19.8. The summed E-state index contributed by atoms with van der Waals surface area (Å²) in [6.07, 6.45) is 0. The van der Waals surface area contributed by atoms with Crippen LogP contribution in [0.15, 0.2) is 158 Å². The maximum Gasteiger partial charge on any atom is 0.0546 e. The van der Waals surface area contributed by atoms with Crippen molar-refractivity contribution in [3.05, 3.63) is 163 Å². The number of hydrogen-bond acceptors (Lipinski definition) is 1. The average molecular weight is 512 g/mol. The van der Waals surface area contributed by atoms with Gasteiger partial charge in [-0.3, -0.25) is 0 Å². The molecule has 0 bridgehead atoms. The molecule has 0 amide bonds. The van der Waals surface area contributed by atoms with Crippen molar-refractivity contribution in [2.24, 2.45) is 0 Å². The van der Waals surface area contributed by atoms with Crippen LogP contribution in [0.25, 0.3) is 43.8 Å². The Morgan fingerprint density at radius 1 is 0.425 bits per heavy atom. The molecule has 1 nitrogen and oxygen atoms in total. The molecule has 7 aromatic rings. The minimum absolute atomic E-state index is 1.14. The molecular formula is C39H29N. The molecule has 0 atom stereocenters. The van der Waals surface area contributed by atoms with Crippen LogP contribution in [0.4, 0.5) is 17.1 Å². The SMILES string of the molecule is Cc1cccc(N(c2ccccc2-c2ccccc2)c2ccc3ccccc3c2-c2ccc3ccccc3c2)c1. The highest BCUT2D eigenvalue weighted by Crippen LogP contribution is 2.47. The number of hydrogen-bond donors (Lipinski definition) is 0. The molecule has 40 heavy (non-hydrogen) atoms. The van der Waals surface area contributed by atoms with E-state index in [0.717, 1.165) is 17.1 Å². The van der Waals surface area contributed by atoms with Crippen LogP contribution in [0.1, 0.15) is 5.56 Å². The Hall–Kier alpha value is -5.14. The number of nitrogens with zero attached hydrogens (tertiary/aromatic N) is 1. The van der Waals surface area contributed by atoms with E-state index < -0.39 is 0 Å². The van der Waals surface area contributed by atoms with Crippen molar-refractivity contribution in [2.75, 3.05) is 4.90 Å². The molecule has 0 N–H and O–H groups in total. The van der Waals surface area contributed by atoms with E-state index in [-0.39, 0.29) is 0 Å². The fraction of sp³-hybridized carbons (Fsp3) is 0.0256. The maximum absolute atomic E-state index is 2.44. The zero-order chi connectivity index (χ0) is 26.9. The molecule has 7 rings (SSSR count). The van der Waals surface area contributed by atoms with Crippen molar-refractivity contribution in [1.29, 1.82) is 0 Å². The summed E-state index contributed by atoms with van der Waals surface area (Å²) in [5.41, 5.74) is 9.51. The summed E-state index contributed by atoms with van der Waals surface area (Å²) in [4.78, 5) is 2.44. The van der Waals surface area contributed by atoms with Crippen molar-refractivity contribution < 1.29 is 0 Å². The van der Waals surface area contributed by atoms with Crippen LogP contribution in [0, 0.1) is 6.92 Å². The Morgan fingerprint density at radius 2 is 1.12 bits per heavy atom. The number of rotatable bonds is 5. The molecule has 0 radical (unpaired) electrons. The van der Waals surface area contributed by atoms with Crippen molar-refractivity contribution in [3.63, 3.8) is 0 Å². The first kappa shape index (κ1) is 23.9. The minimum Gasteiger partial charge on any atom is -0.309 e. The summed E-state index contributed by atoms with van der Waals surface area (Å²) in [6.45, 7) is 2.16. The molecule has 0 unspecified atom stereocenters. The molecule has 0 aromatic heterocycles. The summed E-state index contributed by atoms with van der Waals surface area (Å²) in [5.74, 6) is 0. The van der Waals surface area contributed by atoms with E-state index in [1.807, 2.05) is 0 Å². The molecule has 0 aliphatic carbocycles. The fourth-order valence-electron chi connectivity index (χ4n) is 5.80. The quantitative estimate of drug-likeness (QED) is 0.222. The third-order valence-electron chi connectivity index (χ3n) is 7.68. The summed E-state index contributed by atoms with van der Waals surface area (Å²) in [6, 6.07) is 56.9. The number of para-hydroxylation sites is 1. The number of benzene rings is 7. The van der Waals surface area contributed by atoms with Crippen molar-refractivity contribution in [3.8, 4) is 22.3 Å². The molecule has 0 fully saturated rings. The van der Waals surface area contributed by atoms with Crippen LogP contribution in [0.5, 0.6) is 0 Å². The monoisotopic (exact) mass is 511 g/mol. The lowest BCUT2D eigenvalue weighted by Gasteiger charge is -2.31. The van der Waals surface area contributed by atoms with Crippen LogP contribution in [-0.2, 0) is 0 Å². The normalized spacial score (nSPS) is 11.1. The second kappa shape index (κ2) is 10.2. The molecule has 0 spiro atoms. The Balaban J connectivity index is 1.57. The van der Waals surface area contributed by atoms with Gasteiger partial charge in [0, 0.05) is 16.8 Å². The fourth-order valence-corrected chi connectivity index (χ4v) is 5.80. The van der Waals surface area contributed by atoms with Crippen LogP contribution < -0.4 is 4.90 Å². The zero-order valence-electron chi connectivity index (χ0n) is 22.5. The second-order valence-corrected chi connectivity index (χ2v) is 10.3. The Kier molecular flexibility index (Phi) is 6.11. The highest BCUT2D eigenvalue weighted by atomic mass is 15.1. The van der Waals surface area contributed by atoms with Gasteiger partial charge < -0.3 is 4.90 Å². The molecule has 0 aliphatic heterocycles. The van der Waals surface area contributed by atoms with Crippen LogP contribution >= 0.6 is 0 Å². The van der Waals surface area contributed by atoms with Gasteiger partial charge in [-0.25, -0.2) is 0 Å². The van der Waals surface area contributed by atoms with E-state index in [1.54, 1.807) is 0 Å². The van der Waals surface area contributed by atoms with Gasteiger partial charge in [-0.2, -0.15) is 0 Å². The van der Waals surface area contributed by atoms with Crippen molar-refractivity contribution in [2.45, 2.75) is 6.92 Å². The van der Waals surface area contributed by atoms with Crippen LogP contribution in [-0.4, -0.2) is 0 Å². The van der Waals surface area contributed by atoms with Gasteiger partial charge in [0.15, 0.2) is 0 Å². The smallest absolute Gasteiger partial charge is 0.0546 e. The Morgan fingerprint density at radius 3 is 1.98 bits per heavy atom. The van der Waals surface area contributed by atoms with Crippen LogP contribution in [0.3, 0.4) is 0 Å². The van der Waals surface area contributed by atoms with Crippen molar-refractivity contribution >= 4 is 38.6 Å². The topological polar surface area (TPSA) is 3.24 Å². The van der Waals surface area contributed by atoms with Gasteiger partial charge in [0.25, 0.3) is 0 Å². The predicted octanol–water partition coefficient (Wildman–Crippen LogP) is 11.1. The van der Waals surface area contributed by atoms with E-state index >= 15 is 0 Å². The van der Waals surface area contributed by atoms with E-state index in [4.69, 9.17) is 0 Å². The van der Waals surface area contributed by atoms with Gasteiger partial charge in [-0.1, -0.05) is 127 Å². The second-order valence-electron chi connectivity index (χ2n) is 10.3. The Bertz CT molecular complexity index is 1970. The number of fused-ring (bicyclic) bond motifs is 2. The lowest BCUT2D eigenvalue weighted by atomic mass is 9.93. The van der Waals surface area contributed by atoms with Gasteiger partial charge in [0.2, 0.25) is 0 Å². The summed E-state index contributed by atoms with van der Waals surface area (Å²) in [7, 11) is 0. The predicted molar refractivity (Wildman–Crippen MR) is 172 cm³/mol. The number of anilines is 3. The molecule has 0 aliphatic rings. The lowest BCUT2D eigenvalue weighted by molar-refractivity contribution is 1.28. The van der Waals surface area contributed by atoms with Gasteiger partial charge in [0.05, 0.1) is 11.4 Å². The molecule has 1 heteroatoms. The first-order valence-electron chi connectivity index (χ1n) is 13.8. The Labute approximate surface area is 235 Å². The summed E-state index contributed by atoms with van der Waals surface area (Å²) >= 11 is 0. The molecule has 0 saturated heterocycles. The lowest BCUT2D eigenvalue weighted by Crippen LogP contribution is -2.13. The largest absolute Gasteiger partial charge is 0.309 e. The van der Waals surface area contributed by atoms with Crippen LogP contribution in [0.2, 0.25) is 0 Å². The number of aryl methyl sites for hydroxylation is 1. The summed E-state index contributed by atoms with van der Waals surface area (Å²) < 4.78 is 0.